The van der Waals surface area contributed by atoms with Gasteiger partial charge in [-0.25, -0.2) is 4.79 Å². The van der Waals surface area contributed by atoms with Crippen LogP contribution in [0.5, 0.6) is 5.75 Å². The molecule has 0 aromatic heterocycles. The summed E-state index contributed by atoms with van der Waals surface area (Å²) in [6.07, 6.45) is 2.70. The van der Waals surface area contributed by atoms with Gasteiger partial charge in [0, 0.05) is 19.2 Å². The smallest absolute Gasteiger partial charge is 0.328 e. The van der Waals surface area contributed by atoms with E-state index in [-0.39, 0.29) is 0 Å². The largest absolute Gasteiger partial charge is 0.497 e. The van der Waals surface area contributed by atoms with Crippen LogP contribution >= 0.6 is 0 Å². The monoisotopic (exact) mass is 221 g/mol. The molecule has 0 saturated carbocycles. The number of aliphatic carboxylic acids is 1. The average molecular weight is 221 g/mol. The topological polar surface area (TPSA) is 58.6 Å². The fourth-order valence-electron chi connectivity index (χ4n) is 1.24. The quantitative estimate of drug-likeness (QED) is 0.563. The number of rotatable bonds is 6. The zero-order valence-electron chi connectivity index (χ0n) is 9.14. The van der Waals surface area contributed by atoms with E-state index in [1.54, 1.807) is 13.2 Å². The third-order valence-electron chi connectivity index (χ3n) is 1.99. The summed E-state index contributed by atoms with van der Waals surface area (Å²) in [7, 11) is 1.63. The van der Waals surface area contributed by atoms with E-state index in [0.29, 0.717) is 13.1 Å². The molecule has 0 aliphatic heterocycles. The first-order valence-electron chi connectivity index (χ1n) is 4.95. The van der Waals surface area contributed by atoms with Gasteiger partial charge in [-0.15, -0.1) is 0 Å². The number of hydrogen-bond acceptors (Lipinski definition) is 3. The van der Waals surface area contributed by atoms with E-state index in [2.05, 4.69) is 5.32 Å². The van der Waals surface area contributed by atoms with Crippen LogP contribution in [-0.4, -0.2) is 24.7 Å². The van der Waals surface area contributed by atoms with Crippen LogP contribution in [0.3, 0.4) is 0 Å². The molecule has 1 rings (SSSR count). The summed E-state index contributed by atoms with van der Waals surface area (Å²) >= 11 is 0. The number of hydrogen-bond donors (Lipinski definition) is 2. The van der Waals surface area contributed by atoms with Gasteiger partial charge in [-0.2, -0.15) is 0 Å². The summed E-state index contributed by atoms with van der Waals surface area (Å²) in [4.78, 5) is 10.2. The van der Waals surface area contributed by atoms with Crippen molar-refractivity contribution in [3.63, 3.8) is 0 Å². The maximum atomic E-state index is 10.2. The molecule has 0 atom stereocenters. The van der Waals surface area contributed by atoms with E-state index < -0.39 is 5.97 Å². The lowest BCUT2D eigenvalue weighted by molar-refractivity contribution is -0.131. The van der Waals surface area contributed by atoms with Crippen LogP contribution in [0.4, 0.5) is 0 Å². The normalized spacial score (nSPS) is 10.6. The molecule has 0 fully saturated rings. The first kappa shape index (κ1) is 12.3. The molecule has 0 aliphatic carbocycles. The summed E-state index contributed by atoms with van der Waals surface area (Å²) in [6, 6.07) is 7.72. The number of ether oxygens (including phenoxy) is 1. The van der Waals surface area contributed by atoms with Gasteiger partial charge in [-0.3, -0.25) is 0 Å². The highest BCUT2D eigenvalue weighted by atomic mass is 16.5. The zero-order chi connectivity index (χ0) is 11.8. The molecule has 0 unspecified atom stereocenters. The first-order chi connectivity index (χ1) is 7.72. The second-order valence-electron chi connectivity index (χ2n) is 3.22. The molecule has 16 heavy (non-hydrogen) atoms. The fourth-order valence-corrected chi connectivity index (χ4v) is 1.24. The van der Waals surface area contributed by atoms with Gasteiger partial charge in [0.05, 0.1) is 7.11 Å². The second kappa shape index (κ2) is 6.63. The Balaban J connectivity index is 2.34. The van der Waals surface area contributed by atoms with Crippen LogP contribution in [0.25, 0.3) is 0 Å². The Hall–Kier alpha value is -1.81. The maximum absolute atomic E-state index is 10.2. The van der Waals surface area contributed by atoms with Crippen molar-refractivity contribution < 1.29 is 14.6 Å². The zero-order valence-corrected chi connectivity index (χ0v) is 9.14. The molecule has 4 nitrogen and oxygen atoms in total. The van der Waals surface area contributed by atoms with E-state index in [1.807, 2.05) is 24.3 Å². The minimum absolute atomic E-state index is 0.531. The Morgan fingerprint density at radius 1 is 1.56 bits per heavy atom. The van der Waals surface area contributed by atoms with Crippen LogP contribution < -0.4 is 10.1 Å². The Labute approximate surface area is 94.6 Å². The lowest BCUT2D eigenvalue weighted by Crippen LogP contribution is -2.13. The van der Waals surface area contributed by atoms with Gasteiger partial charge in [0.15, 0.2) is 0 Å². The van der Waals surface area contributed by atoms with Crippen LogP contribution in [0.2, 0.25) is 0 Å². The van der Waals surface area contributed by atoms with Crippen molar-refractivity contribution in [1.29, 1.82) is 0 Å². The molecule has 0 heterocycles. The van der Waals surface area contributed by atoms with Crippen LogP contribution in [0.15, 0.2) is 36.4 Å². The highest BCUT2D eigenvalue weighted by molar-refractivity contribution is 5.79. The van der Waals surface area contributed by atoms with Crippen LogP contribution in [-0.2, 0) is 11.3 Å². The van der Waals surface area contributed by atoms with Crippen molar-refractivity contribution in [2.45, 2.75) is 6.54 Å². The number of methoxy groups -OCH3 is 1. The summed E-state index contributed by atoms with van der Waals surface area (Å²) in [5.41, 5.74) is 1.10. The minimum Gasteiger partial charge on any atom is -0.497 e. The molecule has 0 amide bonds. The molecule has 2 N–H and O–H groups in total. The maximum Gasteiger partial charge on any atom is 0.328 e. The van der Waals surface area contributed by atoms with Gasteiger partial charge in [0.2, 0.25) is 0 Å². The Kier molecular flexibility index (Phi) is 5.08. The highest BCUT2D eigenvalue weighted by Gasteiger charge is 1.94. The number of carbonyl (C=O) groups is 1. The van der Waals surface area contributed by atoms with Gasteiger partial charge in [0.25, 0.3) is 0 Å². The Bertz CT molecular complexity index is 374. The van der Waals surface area contributed by atoms with Crippen molar-refractivity contribution >= 4 is 5.97 Å². The van der Waals surface area contributed by atoms with Gasteiger partial charge in [0.1, 0.15) is 5.75 Å². The van der Waals surface area contributed by atoms with Gasteiger partial charge in [-0.1, -0.05) is 18.2 Å². The average Bonchev–Trinajstić information content (AvgIpc) is 2.28. The summed E-state index contributed by atoms with van der Waals surface area (Å²) < 4.78 is 5.09. The molecule has 4 heteroatoms. The third kappa shape index (κ3) is 4.61. The van der Waals surface area contributed by atoms with E-state index in [4.69, 9.17) is 9.84 Å². The fraction of sp³-hybridized carbons (Fsp3) is 0.250. The standard InChI is InChI=1S/C12H15NO3/c1-16-11-5-2-4-10(8-11)9-13-7-3-6-12(14)15/h2-6,8,13H,7,9H2,1H3,(H,14,15)/b6-3+. The predicted molar refractivity (Wildman–Crippen MR) is 61.5 cm³/mol. The number of nitrogens with one attached hydrogen (secondary N) is 1. The van der Waals surface area contributed by atoms with Crippen molar-refractivity contribution in [1.82, 2.24) is 5.32 Å². The summed E-state index contributed by atoms with van der Waals surface area (Å²) in [5, 5.41) is 11.5. The third-order valence-corrected chi connectivity index (χ3v) is 1.99. The SMILES string of the molecule is COc1cccc(CNC/C=C/C(=O)O)c1. The predicted octanol–water partition coefficient (Wildman–Crippen LogP) is 1.43. The molecule has 0 aliphatic rings. The number of benzene rings is 1. The van der Waals surface area contributed by atoms with E-state index in [9.17, 15) is 4.79 Å². The Morgan fingerprint density at radius 3 is 3.06 bits per heavy atom. The van der Waals surface area contributed by atoms with E-state index in [1.165, 1.54) is 0 Å². The molecule has 0 radical (unpaired) electrons. The summed E-state index contributed by atoms with van der Waals surface area (Å²) in [5.74, 6) is -0.108. The molecule has 1 aromatic carbocycles. The van der Waals surface area contributed by atoms with Crippen LogP contribution in [0, 0.1) is 0 Å². The molecule has 0 bridgehead atoms. The van der Waals surface area contributed by atoms with Crippen molar-refractivity contribution in [2.24, 2.45) is 0 Å². The van der Waals surface area contributed by atoms with Crippen molar-refractivity contribution in [3.8, 4) is 5.75 Å². The number of carboxylic acid groups (broad SMARTS) is 1. The molecular formula is C12H15NO3. The lowest BCUT2D eigenvalue weighted by Gasteiger charge is -2.04. The van der Waals surface area contributed by atoms with Crippen molar-refractivity contribution in [3.05, 3.63) is 42.0 Å². The highest BCUT2D eigenvalue weighted by Crippen LogP contribution is 2.11. The van der Waals surface area contributed by atoms with Crippen LogP contribution in [0.1, 0.15) is 5.56 Å². The molecule has 0 spiro atoms. The molecular weight excluding hydrogens is 206 g/mol. The number of carboxylic acids is 1. The molecule has 0 saturated heterocycles. The van der Waals surface area contributed by atoms with Gasteiger partial charge < -0.3 is 15.2 Å². The summed E-state index contributed by atoms with van der Waals surface area (Å²) in [6.45, 7) is 1.21. The molecule has 1 aromatic rings. The Morgan fingerprint density at radius 2 is 2.38 bits per heavy atom. The minimum atomic E-state index is -0.928. The van der Waals surface area contributed by atoms with Gasteiger partial charge in [-0.05, 0) is 17.7 Å². The van der Waals surface area contributed by atoms with E-state index >= 15 is 0 Å². The lowest BCUT2D eigenvalue weighted by atomic mass is 10.2. The van der Waals surface area contributed by atoms with Gasteiger partial charge >= 0.3 is 5.97 Å². The first-order valence-corrected chi connectivity index (χ1v) is 4.95. The second-order valence-corrected chi connectivity index (χ2v) is 3.22. The van der Waals surface area contributed by atoms with E-state index in [0.717, 1.165) is 17.4 Å². The van der Waals surface area contributed by atoms with Crippen molar-refractivity contribution in [2.75, 3.05) is 13.7 Å². The molecule has 86 valence electrons.